The standard InChI is InChI=1S/C10H8FNO2/c1-14-10-3-2-8(11)4-9(10)7(5-12)6-13/h2-4,6,13H,1H3/b7-6+. The number of aliphatic hydroxyl groups excluding tert-OH is 1. The Hall–Kier alpha value is -2.02. The van der Waals surface area contributed by atoms with Gasteiger partial charge in [-0.2, -0.15) is 5.26 Å². The Labute approximate surface area is 80.7 Å². The zero-order valence-corrected chi connectivity index (χ0v) is 7.49. The molecule has 3 nitrogen and oxygen atoms in total. The van der Waals surface area contributed by atoms with Crippen LogP contribution in [0.3, 0.4) is 0 Å². The molecule has 0 saturated carbocycles. The van der Waals surface area contributed by atoms with Crippen molar-refractivity contribution in [2.45, 2.75) is 0 Å². The molecule has 0 heterocycles. The minimum Gasteiger partial charge on any atom is -0.514 e. The highest BCUT2D eigenvalue weighted by Gasteiger charge is 2.09. The minimum atomic E-state index is -0.490. The van der Waals surface area contributed by atoms with E-state index < -0.39 is 5.82 Å². The highest BCUT2D eigenvalue weighted by atomic mass is 19.1. The predicted octanol–water partition coefficient (Wildman–Crippen LogP) is 2.26. The van der Waals surface area contributed by atoms with Crippen LogP contribution in [0.2, 0.25) is 0 Å². The molecule has 0 amide bonds. The lowest BCUT2D eigenvalue weighted by atomic mass is 10.1. The molecule has 14 heavy (non-hydrogen) atoms. The maximum Gasteiger partial charge on any atom is 0.127 e. The van der Waals surface area contributed by atoms with Crippen LogP contribution < -0.4 is 4.74 Å². The number of methoxy groups -OCH3 is 1. The van der Waals surface area contributed by atoms with Crippen LogP contribution in [0.1, 0.15) is 5.56 Å². The van der Waals surface area contributed by atoms with Crippen LogP contribution in [0.4, 0.5) is 4.39 Å². The summed E-state index contributed by atoms with van der Waals surface area (Å²) in [6.45, 7) is 0. The molecule has 0 unspecified atom stereocenters. The monoisotopic (exact) mass is 193 g/mol. The fourth-order valence-electron chi connectivity index (χ4n) is 1.05. The van der Waals surface area contributed by atoms with Crippen LogP contribution in [0, 0.1) is 17.1 Å². The fraction of sp³-hybridized carbons (Fsp3) is 0.100. The lowest BCUT2D eigenvalue weighted by Crippen LogP contribution is -1.91. The van der Waals surface area contributed by atoms with E-state index in [9.17, 15) is 4.39 Å². The third-order valence-corrected chi connectivity index (χ3v) is 1.70. The first kappa shape index (κ1) is 10.1. The van der Waals surface area contributed by atoms with Gasteiger partial charge in [0.1, 0.15) is 17.6 Å². The van der Waals surface area contributed by atoms with Gasteiger partial charge in [0.15, 0.2) is 0 Å². The van der Waals surface area contributed by atoms with Crippen molar-refractivity contribution >= 4 is 5.57 Å². The van der Waals surface area contributed by atoms with Crippen LogP contribution in [-0.2, 0) is 0 Å². The van der Waals surface area contributed by atoms with Gasteiger partial charge >= 0.3 is 0 Å². The van der Waals surface area contributed by atoms with Crippen molar-refractivity contribution in [3.8, 4) is 11.8 Å². The van der Waals surface area contributed by atoms with Crippen LogP contribution in [0.25, 0.3) is 5.57 Å². The van der Waals surface area contributed by atoms with Crippen LogP contribution in [0.15, 0.2) is 24.5 Å². The Morgan fingerprint density at radius 1 is 1.64 bits per heavy atom. The fourth-order valence-corrected chi connectivity index (χ4v) is 1.05. The van der Waals surface area contributed by atoms with Gasteiger partial charge in [0.2, 0.25) is 0 Å². The number of nitriles is 1. The predicted molar refractivity (Wildman–Crippen MR) is 49.2 cm³/mol. The molecule has 0 radical (unpaired) electrons. The third kappa shape index (κ3) is 1.83. The Morgan fingerprint density at radius 2 is 2.36 bits per heavy atom. The number of aliphatic hydroxyl groups is 1. The summed E-state index contributed by atoms with van der Waals surface area (Å²) in [6.07, 6.45) is 0.622. The van der Waals surface area contributed by atoms with Gasteiger partial charge in [0.25, 0.3) is 0 Å². The Bertz CT molecular complexity index is 407. The second-order valence-electron chi connectivity index (χ2n) is 2.50. The van der Waals surface area contributed by atoms with E-state index in [1.165, 1.54) is 19.2 Å². The molecule has 0 bridgehead atoms. The van der Waals surface area contributed by atoms with Crippen molar-refractivity contribution in [2.24, 2.45) is 0 Å². The molecule has 0 saturated heterocycles. The maximum atomic E-state index is 12.8. The Kier molecular flexibility index (Phi) is 3.08. The lowest BCUT2D eigenvalue weighted by molar-refractivity contribution is 0.412. The van der Waals surface area contributed by atoms with Crippen LogP contribution >= 0.6 is 0 Å². The molecule has 0 fully saturated rings. The number of hydrogen-bond acceptors (Lipinski definition) is 3. The van der Waals surface area contributed by atoms with Crippen molar-refractivity contribution in [2.75, 3.05) is 7.11 Å². The number of benzene rings is 1. The zero-order chi connectivity index (χ0) is 10.6. The van der Waals surface area contributed by atoms with Crippen molar-refractivity contribution in [3.05, 3.63) is 35.8 Å². The summed E-state index contributed by atoms with van der Waals surface area (Å²) in [4.78, 5) is 0. The third-order valence-electron chi connectivity index (χ3n) is 1.70. The minimum absolute atomic E-state index is 0.0404. The first-order valence-corrected chi connectivity index (χ1v) is 3.81. The number of allylic oxidation sites excluding steroid dienone is 1. The van der Waals surface area contributed by atoms with E-state index in [0.717, 1.165) is 6.07 Å². The number of hydrogen-bond donors (Lipinski definition) is 1. The number of halogens is 1. The first-order chi connectivity index (χ1) is 6.72. The summed E-state index contributed by atoms with van der Waals surface area (Å²) in [7, 11) is 1.41. The van der Waals surface area contributed by atoms with E-state index in [0.29, 0.717) is 12.0 Å². The summed E-state index contributed by atoms with van der Waals surface area (Å²) in [5.41, 5.74) is 0.193. The number of rotatable bonds is 2. The largest absolute Gasteiger partial charge is 0.514 e. The summed E-state index contributed by atoms with van der Waals surface area (Å²) in [5.74, 6) is -0.149. The van der Waals surface area contributed by atoms with Gasteiger partial charge in [0, 0.05) is 5.56 Å². The summed E-state index contributed by atoms with van der Waals surface area (Å²) in [6, 6.07) is 5.47. The van der Waals surface area contributed by atoms with Crippen LogP contribution in [-0.4, -0.2) is 12.2 Å². The van der Waals surface area contributed by atoms with E-state index in [1.807, 2.05) is 0 Å². The highest BCUT2D eigenvalue weighted by molar-refractivity contribution is 5.79. The molecular weight excluding hydrogens is 185 g/mol. The quantitative estimate of drug-likeness (QED) is 0.579. The molecule has 0 spiro atoms. The van der Waals surface area contributed by atoms with E-state index in [2.05, 4.69) is 0 Å². The van der Waals surface area contributed by atoms with E-state index in [4.69, 9.17) is 15.1 Å². The van der Waals surface area contributed by atoms with Gasteiger partial charge < -0.3 is 9.84 Å². The van der Waals surface area contributed by atoms with Crippen molar-refractivity contribution in [1.29, 1.82) is 5.26 Å². The van der Waals surface area contributed by atoms with E-state index in [1.54, 1.807) is 6.07 Å². The summed E-state index contributed by atoms with van der Waals surface area (Å²) in [5, 5.41) is 17.4. The molecule has 0 aromatic heterocycles. The molecule has 1 aromatic rings. The van der Waals surface area contributed by atoms with E-state index >= 15 is 0 Å². The van der Waals surface area contributed by atoms with Crippen molar-refractivity contribution in [1.82, 2.24) is 0 Å². The second-order valence-corrected chi connectivity index (χ2v) is 2.50. The highest BCUT2D eigenvalue weighted by Crippen LogP contribution is 2.25. The maximum absolute atomic E-state index is 12.8. The summed E-state index contributed by atoms with van der Waals surface area (Å²) >= 11 is 0. The SMILES string of the molecule is COc1ccc(F)cc1/C(C#N)=C/O. The summed E-state index contributed by atoms with van der Waals surface area (Å²) < 4.78 is 17.8. The Morgan fingerprint density at radius 3 is 2.86 bits per heavy atom. The van der Waals surface area contributed by atoms with Gasteiger partial charge in [0.05, 0.1) is 18.9 Å². The molecule has 0 aliphatic carbocycles. The lowest BCUT2D eigenvalue weighted by Gasteiger charge is -2.05. The smallest absolute Gasteiger partial charge is 0.127 e. The average Bonchev–Trinajstić information content (AvgIpc) is 2.20. The van der Waals surface area contributed by atoms with Crippen molar-refractivity contribution < 1.29 is 14.2 Å². The topological polar surface area (TPSA) is 53.2 Å². The van der Waals surface area contributed by atoms with Gasteiger partial charge in [-0.25, -0.2) is 4.39 Å². The van der Waals surface area contributed by atoms with Crippen LogP contribution in [0.5, 0.6) is 5.75 Å². The Balaban J connectivity index is 3.31. The molecule has 72 valence electrons. The van der Waals surface area contributed by atoms with Gasteiger partial charge in [-0.1, -0.05) is 0 Å². The molecule has 1 N–H and O–H groups in total. The normalized spacial score (nSPS) is 10.8. The van der Waals surface area contributed by atoms with Gasteiger partial charge in [-0.15, -0.1) is 0 Å². The van der Waals surface area contributed by atoms with Gasteiger partial charge in [-0.3, -0.25) is 0 Å². The zero-order valence-electron chi connectivity index (χ0n) is 7.49. The van der Waals surface area contributed by atoms with Crippen molar-refractivity contribution in [3.63, 3.8) is 0 Å². The average molecular weight is 193 g/mol. The molecule has 0 aliphatic rings. The first-order valence-electron chi connectivity index (χ1n) is 3.81. The number of nitrogens with zero attached hydrogens (tertiary/aromatic N) is 1. The van der Waals surface area contributed by atoms with E-state index in [-0.39, 0.29) is 11.1 Å². The molecule has 1 aromatic carbocycles. The molecule has 0 aliphatic heterocycles. The van der Waals surface area contributed by atoms with Gasteiger partial charge in [-0.05, 0) is 18.2 Å². The molecular formula is C10H8FNO2. The molecule has 1 rings (SSSR count). The second kappa shape index (κ2) is 4.28. The molecule has 4 heteroatoms. The number of ether oxygens (including phenoxy) is 1. The molecule has 0 atom stereocenters.